The van der Waals surface area contributed by atoms with Crippen LogP contribution in [0.4, 0.5) is 0 Å². The number of rotatable bonds is 4. The summed E-state index contributed by atoms with van der Waals surface area (Å²) < 4.78 is 0. The highest BCUT2D eigenvalue weighted by atomic mass is 32.2. The second-order valence-electron chi connectivity index (χ2n) is 8.24. The van der Waals surface area contributed by atoms with E-state index >= 15 is 0 Å². The van der Waals surface area contributed by atoms with Crippen molar-refractivity contribution in [3.8, 4) is 0 Å². The molecule has 2 aromatic carbocycles. The van der Waals surface area contributed by atoms with Crippen molar-refractivity contribution >= 4 is 17.6 Å². The third-order valence-electron chi connectivity index (χ3n) is 6.52. The zero-order valence-corrected chi connectivity index (χ0v) is 18.0. The predicted molar refractivity (Wildman–Crippen MR) is 121 cm³/mol. The molecule has 0 atom stereocenters. The Hall–Kier alpha value is -1.82. The Bertz CT molecular complexity index is 820. The zero-order chi connectivity index (χ0) is 20.3. The van der Waals surface area contributed by atoms with Crippen LogP contribution >= 0.6 is 11.8 Å². The van der Waals surface area contributed by atoms with E-state index in [4.69, 9.17) is 5.41 Å². The molecule has 4 rings (SSSR count). The van der Waals surface area contributed by atoms with Crippen LogP contribution in [0, 0.1) is 5.41 Å². The fraction of sp³-hybridized carbons (Fsp3) is 0.458. The van der Waals surface area contributed by atoms with Crippen molar-refractivity contribution in [2.45, 2.75) is 42.1 Å². The van der Waals surface area contributed by atoms with Gasteiger partial charge in [0.1, 0.15) is 5.84 Å². The fourth-order valence-electron chi connectivity index (χ4n) is 4.56. The van der Waals surface area contributed by atoms with Crippen molar-refractivity contribution in [1.82, 2.24) is 10.2 Å². The number of thioether (sulfide) groups is 1. The fourth-order valence-corrected chi connectivity index (χ4v) is 4.97. The quantitative estimate of drug-likeness (QED) is 0.403. The minimum atomic E-state index is -0.726. The summed E-state index contributed by atoms with van der Waals surface area (Å²) in [5, 5.41) is 22.8. The number of piperidine rings is 2. The van der Waals surface area contributed by atoms with Gasteiger partial charge in [-0.05, 0) is 74.2 Å². The molecule has 0 aromatic heterocycles. The minimum absolute atomic E-state index is 0.589. The first kappa shape index (κ1) is 20.5. The van der Waals surface area contributed by atoms with Gasteiger partial charge in [-0.2, -0.15) is 0 Å². The van der Waals surface area contributed by atoms with E-state index in [1.807, 2.05) is 24.3 Å². The summed E-state index contributed by atoms with van der Waals surface area (Å²) in [4.78, 5) is 3.51. The molecule has 0 bridgehead atoms. The Kier molecular flexibility index (Phi) is 6.28. The highest BCUT2D eigenvalue weighted by Crippen LogP contribution is 2.32. The molecule has 154 valence electrons. The molecule has 2 saturated heterocycles. The first-order valence-electron chi connectivity index (χ1n) is 10.6. The van der Waals surface area contributed by atoms with Crippen LogP contribution in [0.2, 0.25) is 0 Å². The molecule has 0 amide bonds. The highest BCUT2D eigenvalue weighted by molar-refractivity contribution is 7.98. The van der Waals surface area contributed by atoms with E-state index in [0.717, 1.165) is 63.0 Å². The molecule has 0 saturated carbocycles. The van der Waals surface area contributed by atoms with Gasteiger partial charge in [0.2, 0.25) is 0 Å². The molecule has 3 N–H and O–H groups in total. The molecule has 2 heterocycles. The lowest BCUT2D eigenvalue weighted by molar-refractivity contribution is 0.00594. The number of benzene rings is 2. The summed E-state index contributed by atoms with van der Waals surface area (Å²) in [5.41, 5.74) is 2.61. The molecule has 2 aliphatic rings. The van der Waals surface area contributed by atoms with E-state index in [0.29, 0.717) is 11.8 Å². The lowest BCUT2D eigenvalue weighted by Gasteiger charge is -2.35. The van der Waals surface area contributed by atoms with Gasteiger partial charge in [0, 0.05) is 23.5 Å². The number of hydrogen-bond acceptors (Lipinski definition) is 4. The maximum Gasteiger partial charge on any atom is 0.128 e. The Morgan fingerprint density at radius 3 is 2.24 bits per heavy atom. The van der Waals surface area contributed by atoms with Gasteiger partial charge in [0.05, 0.1) is 5.60 Å². The summed E-state index contributed by atoms with van der Waals surface area (Å²) in [5.74, 6) is 1.19. The number of aliphatic hydroxyl groups is 1. The van der Waals surface area contributed by atoms with Crippen LogP contribution in [-0.2, 0) is 5.60 Å². The standard InChI is InChI=1S/C24H31N3OS/c1-29-22-8-4-18(5-9-22)19-10-16-27(17-11-19)23(25)20-2-6-21(7-3-20)24(28)12-14-26-15-13-24/h2-9,19,25-26,28H,10-17H2,1H3. The van der Waals surface area contributed by atoms with Crippen molar-refractivity contribution < 1.29 is 5.11 Å². The number of likely N-dealkylation sites (tertiary alicyclic amines) is 1. The van der Waals surface area contributed by atoms with E-state index in [2.05, 4.69) is 40.7 Å². The Labute approximate surface area is 178 Å². The summed E-state index contributed by atoms with van der Waals surface area (Å²) in [6.07, 6.45) is 5.78. The lowest BCUT2D eigenvalue weighted by Crippen LogP contribution is -2.40. The summed E-state index contributed by atoms with van der Waals surface area (Å²) in [7, 11) is 0. The topological polar surface area (TPSA) is 59.4 Å². The van der Waals surface area contributed by atoms with E-state index < -0.39 is 5.60 Å². The van der Waals surface area contributed by atoms with Gasteiger partial charge in [-0.1, -0.05) is 36.4 Å². The molecular formula is C24H31N3OS. The van der Waals surface area contributed by atoms with E-state index in [9.17, 15) is 5.11 Å². The molecule has 0 unspecified atom stereocenters. The number of hydrogen-bond donors (Lipinski definition) is 3. The normalized spacial score (nSPS) is 19.9. The van der Waals surface area contributed by atoms with Crippen molar-refractivity contribution in [2.75, 3.05) is 32.4 Å². The second-order valence-corrected chi connectivity index (χ2v) is 9.12. The molecular weight excluding hydrogens is 378 g/mol. The van der Waals surface area contributed by atoms with Gasteiger partial charge >= 0.3 is 0 Å². The van der Waals surface area contributed by atoms with Crippen LogP contribution < -0.4 is 5.32 Å². The predicted octanol–water partition coefficient (Wildman–Crippen LogP) is 4.18. The molecule has 0 radical (unpaired) electrons. The Balaban J connectivity index is 1.36. The van der Waals surface area contributed by atoms with Gasteiger partial charge in [0.25, 0.3) is 0 Å². The average Bonchev–Trinajstić information content (AvgIpc) is 2.79. The minimum Gasteiger partial charge on any atom is -0.385 e. The van der Waals surface area contributed by atoms with Gasteiger partial charge in [-0.25, -0.2) is 0 Å². The molecule has 2 aliphatic heterocycles. The average molecular weight is 410 g/mol. The van der Waals surface area contributed by atoms with Crippen molar-refractivity contribution in [3.63, 3.8) is 0 Å². The Morgan fingerprint density at radius 1 is 1.03 bits per heavy atom. The Morgan fingerprint density at radius 2 is 1.66 bits per heavy atom. The largest absolute Gasteiger partial charge is 0.385 e. The maximum absolute atomic E-state index is 10.9. The number of nitrogens with one attached hydrogen (secondary N) is 2. The van der Waals surface area contributed by atoms with Crippen LogP contribution in [0.25, 0.3) is 0 Å². The van der Waals surface area contributed by atoms with Gasteiger partial charge in [0.15, 0.2) is 0 Å². The lowest BCUT2D eigenvalue weighted by atomic mass is 9.84. The SMILES string of the molecule is CSc1ccc(C2CCN(C(=N)c3ccc(C4(O)CCNCC4)cc3)CC2)cc1. The molecule has 0 aliphatic carbocycles. The summed E-state index contributed by atoms with van der Waals surface area (Å²) in [6.45, 7) is 3.54. The van der Waals surface area contributed by atoms with Gasteiger partial charge in [-0.15, -0.1) is 11.8 Å². The molecule has 5 heteroatoms. The van der Waals surface area contributed by atoms with Crippen molar-refractivity contribution in [1.29, 1.82) is 5.41 Å². The van der Waals surface area contributed by atoms with E-state index in [1.165, 1.54) is 10.5 Å². The number of nitrogens with zero attached hydrogens (tertiary/aromatic N) is 1. The monoisotopic (exact) mass is 409 g/mol. The van der Waals surface area contributed by atoms with Gasteiger partial charge in [-0.3, -0.25) is 5.41 Å². The van der Waals surface area contributed by atoms with Crippen molar-refractivity contribution in [3.05, 3.63) is 65.2 Å². The van der Waals surface area contributed by atoms with Crippen LogP contribution in [0.1, 0.15) is 48.3 Å². The first-order chi connectivity index (χ1) is 14.1. The van der Waals surface area contributed by atoms with E-state index in [-0.39, 0.29) is 0 Å². The molecule has 0 spiro atoms. The van der Waals surface area contributed by atoms with Gasteiger partial charge < -0.3 is 15.3 Å². The van der Waals surface area contributed by atoms with Crippen LogP contribution in [0.5, 0.6) is 0 Å². The van der Waals surface area contributed by atoms with Crippen LogP contribution in [0.15, 0.2) is 53.4 Å². The molecule has 2 fully saturated rings. The van der Waals surface area contributed by atoms with E-state index in [1.54, 1.807) is 11.8 Å². The third kappa shape index (κ3) is 4.52. The zero-order valence-electron chi connectivity index (χ0n) is 17.2. The summed E-state index contributed by atoms with van der Waals surface area (Å²) >= 11 is 1.78. The second kappa shape index (κ2) is 8.90. The highest BCUT2D eigenvalue weighted by Gasteiger charge is 2.31. The maximum atomic E-state index is 10.9. The molecule has 29 heavy (non-hydrogen) atoms. The molecule has 4 nitrogen and oxygen atoms in total. The molecule has 2 aromatic rings. The third-order valence-corrected chi connectivity index (χ3v) is 7.27. The summed E-state index contributed by atoms with van der Waals surface area (Å²) in [6, 6.07) is 17.0. The smallest absolute Gasteiger partial charge is 0.128 e. The van der Waals surface area contributed by atoms with Crippen LogP contribution in [0.3, 0.4) is 0 Å². The van der Waals surface area contributed by atoms with Crippen molar-refractivity contribution in [2.24, 2.45) is 0 Å². The van der Waals surface area contributed by atoms with Crippen LogP contribution in [-0.4, -0.2) is 48.3 Å². The number of amidine groups is 1. The first-order valence-corrected chi connectivity index (χ1v) is 11.8.